The van der Waals surface area contributed by atoms with Crippen molar-refractivity contribution >= 4 is 11.9 Å². The van der Waals surface area contributed by atoms with Gasteiger partial charge in [0.2, 0.25) is 12.7 Å². The molecule has 2 aliphatic heterocycles. The summed E-state index contributed by atoms with van der Waals surface area (Å²) in [6.07, 6.45) is -2.42. The van der Waals surface area contributed by atoms with Gasteiger partial charge in [-0.1, -0.05) is 6.07 Å². The number of methoxy groups -OCH3 is 1. The Labute approximate surface area is 193 Å². The smallest absolute Gasteiger partial charge is 0.475 e. The number of fused-ring (bicyclic) bond motifs is 2. The van der Waals surface area contributed by atoms with Gasteiger partial charge in [0.05, 0.1) is 11.7 Å². The molecule has 0 spiro atoms. The van der Waals surface area contributed by atoms with Crippen LogP contribution >= 0.6 is 0 Å². The number of nitrogens with zero attached hydrogens (tertiary/aromatic N) is 3. The maximum Gasteiger partial charge on any atom is 0.490 e. The zero-order valence-corrected chi connectivity index (χ0v) is 18.4. The lowest BCUT2D eigenvalue weighted by Gasteiger charge is -2.34. The van der Waals surface area contributed by atoms with Crippen LogP contribution in [0.3, 0.4) is 0 Å². The number of hydrogen-bond donors (Lipinski definition) is 2. The number of rotatable bonds is 7. The molecule has 0 saturated carbocycles. The molecule has 1 unspecified atom stereocenters. The zero-order valence-electron chi connectivity index (χ0n) is 18.4. The van der Waals surface area contributed by atoms with E-state index in [4.69, 9.17) is 24.1 Å². The maximum atomic E-state index is 11.6. The van der Waals surface area contributed by atoms with Crippen molar-refractivity contribution in [2.75, 3.05) is 33.6 Å². The molecule has 34 heavy (non-hydrogen) atoms. The van der Waals surface area contributed by atoms with E-state index in [0.29, 0.717) is 13.3 Å². The molecule has 0 saturated heterocycles. The van der Waals surface area contributed by atoms with Gasteiger partial charge in [-0.3, -0.25) is 14.4 Å². The fraction of sp³-hybridized carbons (Fsp3) is 0.476. The number of carboxylic acid groups (broad SMARTS) is 1. The van der Waals surface area contributed by atoms with Crippen molar-refractivity contribution in [3.05, 3.63) is 41.7 Å². The number of alkyl halides is 3. The van der Waals surface area contributed by atoms with E-state index in [1.165, 1.54) is 18.4 Å². The molecule has 1 amide bonds. The lowest BCUT2D eigenvalue weighted by molar-refractivity contribution is -0.192. The second-order valence-corrected chi connectivity index (χ2v) is 7.65. The monoisotopic (exact) mass is 486 g/mol. The first-order valence-electron chi connectivity index (χ1n) is 10.4. The minimum absolute atomic E-state index is 0.0912. The third-order valence-electron chi connectivity index (χ3n) is 5.11. The van der Waals surface area contributed by atoms with Crippen molar-refractivity contribution in [1.29, 1.82) is 0 Å². The number of halogens is 3. The second kappa shape index (κ2) is 11.2. The van der Waals surface area contributed by atoms with E-state index < -0.39 is 12.1 Å². The van der Waals surface area contributed by atoms with E-state index in [9.17, 15) is 18.0 Å². The molecule has 0 radical (unpaired) electrons. The lowest BCUT2D eigenvalue weighted by atomic mass is 10.1. The molecule has 186 valence electrons. The molecular weight excluding hydrogens is 461 g/mol. The first-order chi connectivity index (χ1) is 16.2. The van der Waals surface area contributed by atoms with E-state index >= 15 is 0 Å². The Hall–Kier alpha value is -3.32. The van der Waals surface area contributed by atoms with Crippen LogP contribution in [0, 0.1) is 0 Å². The average molecular weight is 486 g/mol. The van der Waals surface area contributed by atoms with E-state index in [1.54, 1.807) is 0 Å². The van der Waals surface area contributed by atoms with Crippen LogP contribution in [0.15, 0.2) is 30.5 Å². The Kier molecular flexibility index (Phi) is 8.34. The Balaban J connectivity index is 0.000000406. The number of nitrogens with one attached hydrogen (secondary N) is 1. The largest absolute Gasteiger partial charge is 0.490 e. The highest BCUT2D eigenvalue weighted by Crippen LogP contribution is 2.33. The normalized spacial score (nSPS) is 16.9. The van der Waals surface area contributed by atoms with Crippen molar-refractivity contribution in [2.45, 2.75) is 31.7 Å². The van der Waals surface area contributed by atoms with Crippen LogP contribution in [0.25, 0.3) is 0 Å². The molecule has 10 nitrogen and oxygen atoms in total. The van der Waals surface area contributed by atoms with Crippen molar-refractivity contribution in [3.8, 4) is 11.5 Å². The molecule has 1 atom stereocenters. The quantitative estimate of drug-likeness (QED) is 0.611. The first kappa shape index (κ1) is 25.3. The average Bonchev–Trinajstić information content (AvgIpc) is 3.42. The standard InChI is InChI=1S/C19H24N4O4.C2HF3O2/c1-25-12-19(24)20-6-4-15-10-22(11-16-5-7-21-23(15)16)9-14-2-3-17-18(8-14)27-13-26-17;3-2(4,5)1(6)7/h2-3,5,7-8,15H,4,6,9-13H2,1H3,(H,20,24);(H,6,7). The number of hydrogen-bond acceptors (Lipinski definition) is 7. The summed E-state index contributed by atoms with van der Waals surface area (Å²) in [6.45, 7) is 3.54. The second-order valence-electron chi connectivity index (χ2n) is 7.65. The summed E-state index contributed by atoms with van der Waals surface area (Å²) in [4.78, 5) is 22.9. The third-order valence-corrected chi connectivity index (χ3v) is 5.11. The molecule has 3 heterocycles. The number of aromatic nitrogens is 2. The summed E-state index contributed by atoms with van der Waals surface area (Å²) >= 11 is 0. The van der Waals surface area contributed by atoms with Gasteiger partial charge >= 0.3 is 12.1 Å². The maximum absolute atomic E-state index is 11.6. The number of carbonyl (C=O) groups excluding carboxylic acids is 1. The predicted octanol–water partition coefficient (Wildman–Crippen LogP) is 1.95. The molecule has 0 aliphatic carbocycles. The van der Waals surface area contributed by atoms with Gasteiger partial charge in [-0.25, -0.2) is 4.79 Å². The highest BCUT2D eigenvalue weighted by molar-refractivity contribution is 5.77. The Morgan fingerprint density at radius 3 is 2.71 bits per heavy atom. The SMILES string of the molecule is COCC(=O)NCCC1CN(Cc2ccc3c(c2)OCO3)Cc2ccnn21.O=C(O)C(F)(F)F. The molecule has 1 aromatic carbocycles. The summed E-state index contributed by atoms with van der Waals surface area (Å²) in [7, 11) is 1.52. The van der Waals surface area contributed by atoms with Gasteiger partial charge in [-0.05, 0) is 30.2 Å². The molecule has 2 aromatic rings. The number of ether oxygens (including phenoxy) is 3. The molecule has 13 heteroatoms. The number of carbonyl (C=O) groups is 2. The topological polar surface area (TPSA) is 115 Å². The van der Waals surface area contributed by atoms with Gasteiger partial charge in [0.1, 0.15) is 6.61 Å². The highest BCUT2D eigenvalue weighted by atomic mass is 19.4. The summed E-state index contributed by atoms with van der Waals surface area (Å²) in [5.74, 6) is -1.23. The Bertz CT molecular complexity index is 997. The molecule has 0 fully saturated rings. The molecule has 0 bridgehead atoms. The Morgan fingerprint density at radius 2 is 2.00 bits per heavy atom. The summed E-state index contributed by atoms with van der Waals surface area (Å²) < 4.78 is 49.5. The van der Waals surface area contributed by atoms with E-state index in [0.717, 1.165) is 37.6 Å². The van der Waals surface area contributed by atoms with Gasteiger partial charge in [-0.2, -0.15) is 18.3 Å². The van der Waals surface area contributed by atoms with Gasteiger partial charge in [0.25, 0.3) is 0 Å². The van der Waals surface area contributed by atoms with E-state index in [1.807, 2.05) is 18.3 Å². The van der Waals surface area contributed by atoms with Crippen LogP contribution in [0.2, 0.25) is 0 Å². The predicted molar refractivity (Wildman–Crippen MR) is 111 cm³/mol. The fourth-order valence-corrected chi connectivity index (χ4v) is 3.66. The molecule has 1 aromatic heterocycles. The number of carboxylic acids is 1. The van der Waals surface area contributed by atoms with Crippen molar-refractivity contribution in [1.82, 2.24) is 20.0 Å². The molecular formula is C21H25F3N4O6. The minimum atomic E-state index is -5.08. The summed E-state index contributed by atoms with van der Waals surface area (Å²) in [5, 5.41) is 14.5. The lowest BCUT2D eigenvalue weighted by Crippen LogP contribution is -2.39. The minimum Gasteiger partial charge on any atom is -0.475 e. The van der Waals surface area contributed by atoms with E-state index in [-0.39, 0.29) is 18.6 Å². The number of aliphatic carboxylic acids is 1. The van der Waals surface area contributed by atoms with Crippen LogP contribution in [0.5, 0.6) is 11.5 Å². The third kappa shape index (κ3) is 6.84. The summed E-state index contributed by atoms with van der Waals surface area (Å²) in [5.41, 5.74) is 2.38. The van der Waals surface area contributed by atoms with Crippen molar-refractivity contribution in [2.24, 2.45) is 0 Å². The van der Waals surface area contributed by atoms with Crippen molar-refractivity contribution in [3.63, 3.8) is 0 Å². The zero-order chi connectivity index (χ0) is 24.7. The van der Waals surface area contributed by atoms with Crippen LogP contribution in [-0.4, -0.2) is 71.4 Å². The first-order valence-corrected chi connectivity index (χ1v) is 10.4. The van der Waals surface area contributed by atoms with Gasteiger partial charge in [0.15, 0.2) is 11.5 Å². The highest BCUT2D eigenvalue weighted by Gasteiger charge is 2.38. The molecule has 4 rings (SSSR count). The fourth-order valence-electron chi connectivity index (χ4n) is 3.66. The Morgan fingerprint density at radius 1 is 1.26 bits per heavy atom. The van der Waals surface area contributed by atoms with Crippen LogP contribution in [0.4, 0.5) is 13.2 Å². The van der Waals surface area contributed by atoms with Gasteiger partial charge < -0.3 is 24.6 Å². The molecule has 2 N–H and O–H groups in total. The van der Waals surface area contributed by atoms with Crippen molar-refractivity contribution < 1.29 is 42.1 Å². The van der Waals surface area contributed by atoms with Crippen LogP contribution < -0.4 is 14.8 Å². The summed E-state index contributed by atoms with van der Waals surface area (Å²) in [6, 6.07) is 8.38. The van der Waals surface area contributed by atoms with Crippen LogP contribution in [0.1, 0.15) is 23.7 Å². The molecule has 2 aliphatic rings. The van der Waals surface area contributed by atoms with Crippen LogP contribution in [-0.2, 0) is 27.4 Å². The van der Waals surface area contributed by atoms with E-state index in [2.05, 4.69) is 32.1 Å². The number of benzene rings is 1. The van der Waals surface area contributed by atoms with Gasteiger partial charge in [-0.15, -0.1) is 0 Å². The van der Waals surface area contributed by atoms with Gasteiger partial charge in [0, 0.05) is 39.5 Å². The number of amides is 1.